The van der Waals surface area contributed by atoms with E-state index in [2.05, 4.69) is 95.2 Å². The van der Waals surface area contributed by atoms with Gasteiger partial charge in [-0.1, -0.05) is 103 Å². The average Bonchev–Trinajstić information content (AvgIpc) is 3.29. The van der Waals surface area contributed by atoms with Gasteiger partial charge in [0.2, 0.25) is 5.91 Å². The predicted octanol–water partition coefficient (Wildman–Crippen LogP) is 5.32. The van der Waals surface area contributed by atoms with Crippen LogP contribution in [0.15, 0.2) is 109 Å². The van der Waals surface area contributed by atoms with Gasteiger partial charge in [0.1, 0.15) is 0 Å². The number of benzene rings is 4. The lowest BCUT2D eigenvalue weighted by molar-refractivity contribution is -0.120. The van der Waals surface area contributed by atoms with Gasteiger partial charge in [-0.25, -0.2) is 0 Å². The molecule has 5 aromatic rings. The summed E-state index contributed by atoms with van der Waals surface area (Å²) in [4.78, 5) is 16.3. The fraction of sp³-hybridized carbons (Fsp3) is 0.129. The van der Waals surface area contributed by atoms with Gasteiger partial charge < -0.3 is 10.7 Å². The number of rotatable bonds is 5. The summed E-state index contributed by atoms with van der Waals surface area (Å²) in [6.07, 6.45) is 1.25. The normalized spacial score (nSPS) is 19.4. The Morgan fingerprint density at radius 1 is 0.800 bits per heavy atom. The number of carbonyl (C=O) groups is 1. The molecular formula is C31H27N3O. The van der Waals surface area contributed by atoms with Crippen LogP contribution >= 0.6 is 0 Å². The highest BCUT2D eigenvalue weighted by Crippen LogP contribution is 2.42. The molecule has 1 aliphatic rings. The first-order chi connectivity index (χ1) is 17.1. The average molecular weight is 458 g/mol. The molecule has 4 N–H and O–H groups in total. The molecule has 1 amide bonds. The number of hydrogen-bond acceptors (Lipinski definition) is 2. The third kappa shape index (κ3) is 3.72. The minimum atomic E-state index is -0.636. The van der Waals surface area contributed by atoms with Crippen molar-refractivity contribution < 1.29 is 4.79 Å². The Hall–Kier alpha value is -4.15. The number of hydrogen-bond donors (Lipinski definition) is 3. The molecule has 2 unspecified atom stereocenters. The van der Waals surface area contributed by atoms with Gasteiger partial charge in [-0.2, -0.15) is 0 Å². The summed E-state index contributed by atoms with van der Waals surface area (Å²) >= 11 is 0. The Kier molecular flexibility index (Phi) is 5.24. The zero-order valence-electron chi connectivity index (χ0n) is 19.4. The highest BCUT2D eigenvalue weighted by atomic mass is 16.1. The summed E-state index contributed by atoms with van der Waals surface area (Å²) in [6.45, 7) is 0. The molecule has 172 valence electrons. The van der Waals surface area contributed by atoms with E-state index in [-0.39, 0.29) is 5.91 Å². The number of nitrogens with two attached hydrogens (primary N) is 1. The molecule has 35 heavy (non-hydrogen) atoms. The van der Waals surface area contributed by atoms with Crippen LogP contribution in [0.3, 0.4) is 0 Å². The third-order valence-electron chi connectivity index (χ3n) is 7.21. The van der Waals surface area contributed by atoms with E-state index in [1.807, 2.05) is 24.3 Å². The molecule has 2 atom stereocenters. The zero-order chi connectivity index (χ0) is 23.8. The van der Waals surface area contributed by atoms with Crippen LogP contribution < -0.4 is 11.1 Å². The number of nitrogens with one attached hydrogen (secondary N) is 2. The van der Waals surface area contributed by atoms with Gasteiger partial charge in [0.15, 0.2) is 0 Å². The van der Waals surface area contributed by atoms with Crippen LogP contribution in [-0.4, -0.2) is 16.9 Å². The second-order valence-electron chi connectivity index (χ2n) is 9.34. The summed E-state index contributed by atoms with van der Waals surface area (Å²) in [5, 5.41) is 4.85. The molecule has 0 bridgehead atoms. The minimum Gasteiger partial charge on any atom is -0.368 e. The first-order valence-electron chi connectivity index (χ1n) is 12.0. The summed E-state index contributed by atoms with van der Waals surface area (Å²) in [6, 6.07) is 37.3. The molecule has 0 saturated carbocycles. The van der Waals surface area contributed by atoms with Crippen molar-refractivity contribution in [2.45, 2.75) is 24.4 Å². The number of aromatic amines is 1. The molecule has 1 aliphatic heterocycles. The second-order valence-corrected chi connectivity index (χ2v) is 9.34. The minimum absolute atomic E-state index is 0.334. The van der Waals surface area contributed by atoms with Gasteiger partial charge in [-0.3, -0.25) is 10.1 Å². The summed E-state index contributed by atoms with van der Waals surface area (Å²) in [5.74, 6) is -0.334. The molecule has 0 spiro atoms. The Bertz CT molecular complexity index is 1490. The Balaban J connectivity index is 1.57. The zero-order valence-corrected chi connectivity index (χ0v) is 19.4. The molecule has 2 heterocycles. The quantitative estimate of drug-likeness (QED) is 0.334. The van der Waals surface area contributed by atoms with E-state index in [1.54, 1.807) is 0 Å². The fourth-order valence-electron chi connectivity index (χ4n) is 5.52. The molecule has 1 aromatic heterocycles. The molecular weight excluding hydrogens is 430 g/mol. The van der Waals surface area contributed by atoms with Crippen LogP contribution in [0.1, 0.15) is 22.4 Å². The maximum absolute atomic E-state index is 12.6. The molecule has 4 nitrogen and oxygen atoms in total. The summed E-state index contributed by atoms with van der Waals surface area (Å²) < 4.78 is 0. The Morgan fingerprint density at radius 2 is 1.43 bits per heavy atom. The van der Waals surface area contributed by atoms with E-state index >= 15 is 0 Å². The Labute approximate surface area is 204 Å². The van der Waals surface area contributed by atoms with Crippen molar-refractivity contribution in [3.63, 3.8) is 0 Å². The van der Waals surface area contributed by atoms with Crippen molar-refractivity contribution in [2.24, 2.45) is 5.73 Å². The van der Waals surface area contributed by atoms with Crippen molar-refractivity contribution in [3.8, 4) is 11.1 Å². The lowest BCUT2D eigenvalue weighted by Crippen LogP contribution is -2.58. The van der Waals surface area contributed by atoms with Gasteiger partial charge in [0.25, 0.3) is 0 Å². The number of H-pyrrole nitrogens is 1. The predicted molar refractivity (Wildman–Crippen MR) is 141 cm³/mol. The first kappa shape index (κ1) is 21.4. The number of aromatic nitrogens is 1. The molecule has 0 saturated heterocycles. The number of carbonyl (C=O) groups excluding carboxylic acids is 1. The van der Waals surface area contributed by atoms with Crippen molar-refractivity contribution >= 4 is 16.8 Å². The van der Waals surface area contributed by atoms with E-state index in [0.29, 0.717) is 12.8 Å². The SMILES string of the molecule is NC(=O)C1Cc2c([nH]c3ccccc23)C(Cc2ccccc2)(c2ccc(-c3ccccc3)cc2)N1. The van der Waals surface area contributed by atoms with Gasteiger partial charge in [0.05, 0.1) is 11.6 Å². The monoisotopic (exact) mass is 457 g/mol. The fourth-order valence-corrected chi connectivity index (χ4v) is 5.52. The van der Waals surface area contributed by atoms with E-state index in [1.165, 1.54) is 11.1 Å². The second kappa shape index (κ2) is 8.57. The third-order valence-corrected chi connectivity index (χ3v) is 7.21. The van der Waals surface area contributed by atoms with Crippen LogP contribution in [0.25, 0.3) is 22.0 Å². The van der Waals surface area contributed by atoms with Gasteiger partial charge >= 0.3 is 0 Å². The van der Waals surface area contributed by atoms with E-state index < -0.39 is 11.6 Å². The Morgan fingerprint density at radius 3 is 2.14 bits per heavy atom. The lowest BCUT2D eigenvalue weighted by atomic mass is 9.74. The largest absolute Gasteiger partial charge is 0.368 e. The molecule has 0 fully saturated rings. The van der Waals surface area contributed by atoms with Crippen molar-refractivity contribution in [1.29, 1.82) is 0 Å². The van der Waals surface area contributed by atoms with Crippen LogP contribution in [0.4, 0.5) is 0 Å². The summed E-state index contributed by atoms with van der Waals surface area (Å²) in [5.41, 5.74) is 13.2. The highest BCUT2D eigenvalue weighted by molar-refractivity contribution is 5.88. The van der Waals surface area contributed by atoms with Crippen molar-refractivity contribution in [1.82, 2.24) is 10.3 Å². The number of fused-ring (bicyclic) bond motifs is 3. The van der Waals surface area contributed by atoms with Crippen molar-refractivity contribution in [2.75, 3.05) is 0 Å². The van der Waals surface area contributed by atoms with Gasteiger partial charge in [-0.15, -0.1) is 0 Å². The maximum Gasteiger partial charge on any atom is 0.234 e. The molecule has 4 aromatic carbocycles. The number of amides is 1. The van der Waals surface area contributed by atoms with Gasteiger partial charge in [-0.05, 0) is 40.3 Å². The summed E-state index contributed by atoms with van der Waals surface area (Å²) in [7, 11) is 0. The topological polar surface area (TPSA) is 70.9 Å². The molecule has 4 heteroatoms. The van der Waals surface area contributed by atoms with E-state index in [0.717, 1.165) is 33.3 Å². The van der Waals surface area contributed by atoms with E-state index in [4.69, 9.17) is 5.73 Å². The highest BCUT2D eigenvalue weighted by Gasteiger charge is 2.45. The van der Waals surface area contributed by atoms with Crippen LogP contribution in [0.5, 0.6) is 0 Å². The van der Waals surface area contributed by atoms with Crippen LogP contribution in [0, 0.1) is 0 Å². The standard InChI is InChI=1S/C31H27N3O/c32-30(35)28-19-26-25-13-7-8-14-27(25)33-29(26)31(34-28,20-21-9-3-1-4-10-21)24-17-15-23(16-18-24)22-11-5-2-6-12-22/h1-18,28,33-34H,19-20H2,(H2,32,35). The smallest absolute Gasteiger partial charge is 0.234 e. The maximum atomic E-state index is 12.6. The van der Waals surface area contributed by atoms with E-state index in [9.17, 15) is 4.79 Å². The van der Waals surface area contributed by atoms with Gasteiger partial charge in [0, 0.05) is 23.0 Å². The lowest BCUT2D eigenvalue weighted by Gasteiger charge is -2.42. The van der Waals surface area contributed by atoms with Crippen LogP contribution in [-0.2, 0) is 23.2 Å². The molecule has 6 rings (SSSR count). The first-order valence-corrected chi connectivity index (χ1v) is 12.0. The number of primary amides is 1. The van der Waals surface area contributed by atoms with Crippen LogP contribution in [0.2, 0.25) is 0 Å². The van der Waals surface area contributed by atoms with Crippen molar-refractivity contribution in [3.05, 3.63) is 132 Å². The number of para-hydroxylation sites is 1. The molecule has 0 aliphatic carbocycles. The molecule has 0 radical (unpaired) electrons.